The minimum absolute atomic E-state index is 0.199. The highest BCUT2D eigenvalue weighted by Crippen LogP contribution is 2.23. The van der Waals surface area contributed by atoms with Gasteiger partial charge in [-0.05, 0) is 68.7 Å². The fourth-order valence-corrected chi connectivity index (χ4v) is 4.12. The second-order valence-electron chi connectivity index (χ2n) is 8.60. The van der Waals surface area contributed by atoms with Crippen LogP contribution >= 0.6 is 0 Å². The molecule has 150 valence electrons. The van der Waals surface area contributed by atoms with Crippen LogP contribution in [0.3, 0.4) is 0 Å². The molecule has 0 bridgehead atoms. The number of aryl methyl sites for hydroxylation is 2. The average molecular weight is 381 g/mol. The minimum atomic E-state index is 0.199. The first kappa shape index (κ1) is 19.2. The van der Waals surface area contributed by atoms with Crippen LogP contribution in [0.15, 0.2) is 36.7 Å². The Labute approximate surface area is 168 Å². The van der Waals surface area contributed by atoms with Gasteiger partial charge in [-0.2, -0.15) is 5.10 Å². The highest BCUT2D eigenvalue weighted by molar-refractivity contribution is 5.76. The fourth-order valence-electron chi connectivity index (χ4n) is 4.12. The van der Waals surface area contributed by atoms with Gasteiger partial charge in [-0.15, -0.1) is 0 Å². The number of nitrogens with one attached hydrogen (secondary N) is 1. The molecule has 2 heterocycles. The molecule has 0 radical (unpaired) electrons. The molecule has 0 atom stereocenters. The number of carbonyl (C=O) groups excluding carboxylic acids is 1. The van der Waals surface area contributed by atoms with Crippen LogP contribution in [-0.4, -0.2) is 39.7 Å². The molecular weight excluding hydrogens is 348 g/mol. The number of aromatic nitrogens is 2. The van der Waals surface area contributed by atoms with E-state index >= 15 is 0 Å². The van der Waals surface area contributed by atoms with Crippen molar-refractivity contribution in [1.29, 1.82) is 0 Å². The van der Waals surface area contributed by atoms with Gasteiger partial charge in [-0.1, -0.05) is 24.3 Å². The van der Waals surface area contributed by atoms with E-state index in [-0.39, 0.29) is 5.91 Å². The molecule has 2 fully saturated rings. The second-order valence-corrected chi connectivity index (χ2v) is 8.60. The van der Waals surface area contributed by atoms with E-state index in [1.165, 1.54) is 49.0 Å². The van der Waals surface area contributed by atoms with Crippen molar-refractivity contribution in [2.24, 2.45) is 13.0 Å². The van der Waals surface area contributed by atoms with Crippen LogP contribution in [0.5, 0.6) is 0 Å². The number of piperidine rings is 1. The summed E-state index contributed by atoms with van der Waals surface area (Å²) < 4.78 is 1.88. The summed E-state index contributed by atoms with van der Waals surface area (Å²) in [4.78, 5) is 14.4. The summed E-state index contributed by atoms with van der Waals surface area (Å²) in [7, 11) is 1.98. The van der Waals surface area contributed by atoms with Crippen molar-refractivity contribution in [3.8, 4) is 0 Å². The van der Waals surface area contributed by atoms with Crippen LogP contribution in [0.25, 0.3) is 0 Å². The van der Waals surface area contributed by atoms with Crippen LogP contribution in [0.4, 0.5) is 0 Å². The van der Waals surface area contributed by atoms with Crippen LogP contribution < -0.4 is 5.32 Å². The van der Waals surface area contributed by atoms with E-state index in [1.807, 2.05) is 17.9 Å². The highest BCUT2D eigenvalue weighted by atomic mass is 16.1. The lowest BCUT2D eigenvalue weighted by atomic mass is 9.89. The summed E-state index contributed by atoms with van der Waals surface area (Å²) in [6, 6.07) is 9.39. The molecule has 1 saturated carbocycles. The number of rotatable bonds is 8. The van der Waals surface area contributed by atoms with Crippen LogP contribution in [0, 0.1) is 5.92 Å². The number of carbonyl (C=O) groups is 1. The third kappa shape index (κ3) is 5.68. The summed E-state index contributed by atoms with van der Waals surface area (Å²) in [6.45, 7) is 3.37. The van der Waals surface area contributed by atoms with E-state index in [2.05, 4.69) is 45.8 Å². The molecule has 28 heavy (non-hydrogen) atoms. The lowest BCUT2D eigenvalue weighted by molar-refractivity contribution is -0.121. The van der Waals surface area contributed by atoms with Gasteiger partial charge in [0, 0.05) is 37.8 Å². The molecule has 1 N–H and O–H groups in total. The first-order valence-corrected chi connectivity index (χ1v) is 10.7. The topological polar surface area (TPSA) is 50.2 Å². The number of likely N-dealkylation sites (tertiary alicyclic amines) is 1. The number of nitrogens with zero attached hydrogens (tertiary/aromatic N) is 3. The number of hydrogen-bond donors (Lipinski definition) is 1. The molecule has 1 amide bonds. The van der Waals surface area contributed by atoms with Crippen molar-refractivity contribution in [3.63, 3.8) is 0 Å². The Morgan fingerprint density at radius 2 is 1.79 bits per heavy atom. The normalized spacial score (nSPS) is 18.3. The van der Waals surface area contributed by atoms with Gasteiger partial charge < -0.3 is 5.32 Å². The largest absolute Gasteiger partial charge is 0.353 e. The van der Waals surface area contributed by atoms with Crippen LogP contribution in [0.1, 0.15) is 48.8 Å². The lowest BCUT2D eigenvalue weighted by Gasteiger charge is -2.31. The third-order valence-corrected chi connectivity index (χ3v) is 6.00. The summed E-state index contributed by atoms with van der Waals surface area (Å²) in [5, 5.41) is 7.33. The Balaban J connectivity index is 1.18. The molecule has 1 aliphatic heterocycles. The Morgan fingerprint density at radius 1 is 1.07 bits per heavy atom. The molecule has 1 aromatic heterocycles. The maximum Gasteiger partial charge on any atom is 0.220 e. The van der Waals surface area contributed by atoms with Gasteiger partial charge >= 0.3 is 0 Å². The predicted molar refractivity (Wildman–Crippen MR) is 111 cm³/mol. The first-order chi connectivity index (χ1) is 13.6. The summed E-state index contributed by atoms with van der Waals surface area (Å²) in [5.41, 5.74) is 4.00. The van der Waals surface area contributed by atoms with E-state index in [0.29, 0.717) is 12.5 Å². The fraction of sp³-hybridized carbons (Fsp3) is 0.565. The van der Waals surface area contributed by atoms with Gasteiger partial charge in [0.25, 0.3) is 0 Å². The van der Waals surface area contributed by atoms with Gasteiger partial charge in [0.05, 0.1) is 6.20 Å². The predicted octanol–water partition coefficient (Wildman–Crippen LogP) is 3.09. The minimum Gasteiger partial charge on any atom is -0.353 e. The van der Waals surface area contributed by atoms with Crippen LogP contribution in [0.2, 0.25) is 0 Å². The summed E-state index contributed by atoms with van der Waals surface area (Å²) >= 11 is 0. The van der Waals surface area contributed by atoms with Crippen molar-refractivity contribution in [2.45, 2.75) is 57.5 Å². The van der Waals surface area contributed by atoms with Gasteiger partial charge in [-0.25, -0.2) is 0 Å². The maximum absolute atomic E-state index is 11.8. The zero-order chi connectivity index (χ0) is 19.3. The Hall–Kier alpha value is -2.14. The highest BCUT2D eigenvalue weighted by Gasteiger charge is 2.23. The zero-order valence-electron chi connectivity index (χ0n) is 16.9. The molecule has 2 aromatic rings. The average Bonchev–Trinajstić information content (AvgIpc) is 3.42. The number of benzene rings is 1. The van der Waals surface area contributed by atoms with E-state index in [1.54, 1.807) is 0 Å². The summed E-state index contributed by atoms with van der Waals surface area (Å²) in [5.74, 6) is 0.977. The SMILES string of the molecule is Cn1cc(CN2CCC(Cc3ccc(CCC(=O)NC4CC4)cc3)CC2)cn1. The molecule has 1 saturated heterocycles. The smallest absolute Gasteiger partial charge is 0.220 e. The van der Waals surface area contributed by atoms with E-state index in [9.17, 15) is 4.79 Å². The Bertz CT molecular complexity index is 770. The van der Waals surface area contributed by atoms with Gasteiger partial charge in [-0.3, -0.25) is 14.4 Å². The standard InChI is InChI=1S/C23H32N4O/c1-26-16-21(15-24-26)17-27-12-10-20(11-13-27)14-19-4-2-18(3-5-19)6-9-23(28)25-22-7-8-22/h2-5,15-16,20,22H,6-14,17H2,1H3,(H,25,28). The van der Waals surface area contributed by atoms with Crippen molar-refractivity contribution in [1.82, 2.24) is 20.0 Å². The summed E-state index contributed by atoms with van der Waals surface area (Å²) in [6.07, 6.45) is 11.5. The monoisotopic (exact) mass is 380 g/mol. The molecule has 1 aromatic carbocycles. The van der Waals surface area contributed by atoms with Crippen molar-refractivity contribution in [3.05, 3.63) is 53.3 Å². The number of amides is 1. The molecule has 1 aliphatic carbocycles. The molecule has 5 heteroatoms. The first-order valence-electron chi connectivity index (χ1n) is 10.7. The molecule has 0 unspecified atom stereocenters. The second kappa shape index (κ2) is 8.91. The molecule has 4 rings (SSSR count). The quantitative estimate of drug-likeness (QED) is 0.766. The van der Waals surface area contributed by atoms with E-state index < -0.39 is 0 Å². The molecular formula is C23H32N4O. The van der Waals surface area contributed by atoms with Crippen molar-refractivity contribution in [2.75, 3.05) is 13.1 Å². The third-order valence-electron chi connectivity index (χ3n) is 6.00. The van der Waals surface area contributed by atoms with E-state index in [4.69, 9.17) is 0 Å². The lowest BCUT2D eigenvalue weighted by Crippen LogP contribution is -2.33. The van der Waals surface area contributed by atoms with Crippen LogP contribution in [-0.2, 0) is 31.2 Å². The molecule has 2 aliphatic rings. The zero-order valence-corrected chi connectivity index (χ0v) is 16.9. The Kier molecular flexibility index (Phi) is 6.10. The molecule has 0 spiro atoms. The number of hydrogen-bond acceptors (Lipinski definition) is 3. The molecule has 5 nitrogen and oxygen atoms in total. The van der Waals surface area contributed by atoms with Crippen molar-refractivity contribution >= 4 is 5.91 Å². The van der Waals surface area contributed by atoms with Crippen molar-refractivity contribution < 1.29 is 4.79 Å². The van der Waals surface area contributed by atoms with Gasteiger partial charge in [0.15, 0.2) is 0 Å². The maximum atomic E-state index is 11.8. The van der Waals surface area contributed by atoms with E-state index in [0.717, 1.165) is 31.7 Å². The van der Waals surface area contributed by atoms with Gasteiger partial charge in [0.2, 0.25) is 5.91 Å². The van der Waals surface area contributed by atoms with Gasteiger partial charge in [0.1, 0.15) is 0 Å². The Morgan fingerprint density at radius 3 is 2.43 bits per heavy atom.